The molecule has 1 aromatic carbocycles. The standard InChI is InChI=1S/C18H25N3O/c1-11(2)10-12(3)14-8-6-7-9-15(14)17-16(18(19)22)13(4)20-21(17)5/h6-9,11-12H,10H2,1-5H3,(H2,19,22). The summed E-state index contributed by atoms with van der Waals surface area (Å²) >= 11 is 0. The summed E-state index contributed by atoms with van der Waals surface area (Å²) in [6.07, 6.45) is 1.10. The Kier molecular flexibility index (Phi) is 4.69. The number of nitrogens with two attached hydrogens (primary N) is 1. The second kappa shape index (κ2) is 6.34. The molecule has 0 fully saturated rings. The van der Waals surface area contributed by atoms with Gasteiger partial charge in [0.25, 0.3) is 5.91 Å². The third-order valence-electron chi connectivity index (χ3n) is 4.04. The average molecular weight is 299 g/mol. The Bertz CT molecular complexity index is 686. The molecule has 118 valence electrons. The van der Waals surface area contributed by atoms with Crippen molar-refractivity contribution < 1.29 is 4.79 Å². The topological polar surface area (TPSA) is 60.9 Å². The molecule has 0 aliphatic heterocycles. The third kappa shape index (κ3) is 3.06. The van der Waals surface area contributed by atoms with E-state index in [1.54, 1.807) is 4.68 Å². The molecule has 0 saturated carbocycles. The molecular formula is C18H25N3O. The molecule has 1 heterocycles. The van der Waals surface area contributed by atoms with Gasteiger partial charge in [0.05, 0.1) is 17.0 Å². The van der Waals surface area contributed by atoms with Crippen LogP contribution in [0.2, 0.25) is 0 Å². The van der Waals surface area contributed by atoms with Crippen LogP contribution in [-0.4, -0.2) is 15.7 Å². The van der Waals surface area contributed by atoms with Gasteiger partial charge < -0.3 is 5.73 Å². The number of nitrogens with zero attached hydrogens (tertiary/aromatic N) is 2. The van der Waals surface area contributed by atoms with E-state index in [9.17, 15) is 4.79 Å². The van der Waals surface area contributed by atoms with Gasteiger partial charge in [0.2, 0.25) is 0 Å². The SMILES string of the molecule is Cc1nn(C)c(-c2ccccc2C(C)CC(C)C)c1C(N)=O. The lowest BCUT2D eigenvalue weighted by atomic mass is 9.87. The van der Waals surface area contributed by atoms with Crippen molar-refractivity contribution in [3.05, 3.63) is 41.1 Å². The van der Waals surface area contributed by atoms with Gasteiger partial charge >= 0.3 is 0 Å². The third-order valence-corrected chi connectivity index (χ3v) is 4.04. The smallest absolute Gasteiger partial charge is 0.252 e. The highest BCUT2D eigenvalue weighted by Crippen LogP contribution is 2.34. The van der Waals surface area contributed by atoms with E-state index in [1.165, 1.54) is 5.56 Å². The molecule has 2 rings (SSSR count). The first-order valence-electron chi connectivity index (χ1n) is 7.75. The van der Waals surface area contributed by atoms with Gasteiger partial charge in [-0.05, 0) is 30.7 Å². The van der Waals surface area contributed by atoms with Crippen LogP contribution >= 0.6 is 0 Å². The largest absolute Gasteiger partial charge is 0.365 e. The van der Waals surface area contributed by atoms with Crippen molar-refractivity contribution in [3.63, 3.8) is 0 Å². The van der Waals surface area contributed by atoms with Crippen LogP contribution in [0.5, 0.6) is 0 Å². The zero-order valence-electron chi connectivity index (χ0n) is 14.1. The number of primary amides is 1. The van der Waals surface area contributed by atoms with Crippen molar-refractivity contribution in [2.75, 3.05) is 0 Å². The van der Waals surface area contributed by atoms with Gasteiger partial charge in [0, 0.05) is 12.6 Å². The van der Waals surface area contributed by atoms with Crippen LogP contribution in [-0.2, 0) is 7.05 Å². The Hall–Kier alpha value is -2.10. The first kappa shape index (κ1) is 16.3. The van der Waals surface area contributed by atoms with E-state index in [0.717, 1.165) is 17.7 Å². The molecule has 0 bridgehead atoms. The number of hydrogen-bond donors (Lipinski definition) is 1. The van der Waals surface area contributed by atoms with Crippen molar-refractivity contribution in [1.29, 1.82) is 0 Å². The lowest BCUT2D eigenvalue weighted by Crippen LogP contribution is -2.14. The van der Waals surface area contributed by atoms with Crippen molar-refractivity contribution in [2.45, 2.75) is 40.0 Å². The molecule has 1 atom stereocenters. The number of aromatic nitrogens is 2. The number of carbonyl (C=O) groups is 1. The van der Waals surface area contributed by atoms with Gasteiger partial charge in [-0.25, -0.2) is 0 Å². The Morgan fingerprint density at radius 2 is 1.91 bits per heavy atom. The number of rotatable bonds is 5. The molecule has 1 amide bonds. The summed E-state index contributed by atoms with van der Waals surface area (Å²) in [5.41, 5.74) is 9.88. The molecule has 4 heteroatoms. The molecule has 0 spiro atoms. The zero-order valence-corrected chi connectivity index (χ0v) is 14.1. The normalized spacial score (nSPS) is 12.6. The van der Waals surface area contributed by atoms with E-state index in [4.69, 9.17) is 5.73 Å². The highest BCUT2D eigenvalue weighted by Gasteiger charge is 2.22. The van der Waals surface area contributed by atoms with Gasteiger partial charge in [0.1, 0.15) is 0 Å². The number of benzene rings is 1. The number of hydrogen-bond acceptors (Lipinski definition) is 2. The van der Waals surface area contributed by atoms with E-state index in [0.29, 0.717) is 23.1 Å². The average Bonchev–Trinajstić information content (AvgIpc) is 2.72. The Labute approximate surface area is 132 Å². The number of amides is 1. The summed E-state index contributed by atoms with van der Waals surface area (Å²) in [7, 11) is 1.86. The molecule has 1 unspecified atom stereocenters. The van der Waals surface area contributed by atoms with Gasteiger partial charge in [-0.2, -0.15) is 5.10 Å². The zero-order chi connectivity index (χ0) is 16.4. The highest BCUT2D eigenvalue weighted by atomic mass is 16.1. The van der Waals surface area contributed by atoms with Crippen LogP contribution in [0.4, 0.5) is 0 Å². The minimum atomic E-state index is -0.424. The molecule has 0 aliphatic carbocycles. The molecule has 2 aromatic rings. The lowest BCUT2D eigenvalue weighted by molar-refractivity contribution is 0.100. The van der Waals surface area contributed by atoms with Gasteiger partial charge in [-0.3, -0.25) is 9.48 Å². The minimum Gasteiger partial charge on any atom is -0.365 e. The second-order valence-corrected chi connectivity index (χ2v) is 6.41. The fourth-order valence-electron chi connectivity index (χ4n) is 3.24. The summed E-state index contributed by atoms with van der Waals surface area (Å²) in [5, 5.41) is 4.39. The summed E-state index contributed by atoms with van der Waals surface area (Å²) in [6, 6.07) is 8.22. The summed E-state index contributed by atoms with van der Waals surface area (Å²) in [5.74, 6) is 0.603. The Morgan fingerprint density at radius 3 is 2.50 bits per heavy atom. The van der Waals surface area contributed by atoms with E-state index >= 15 is 0 Å². The van der Waals surface area contributed by atoms with Crippen molar-refractivity contribution in [2.24, 2.45) is 18.7 Å². The maximum Gasteiger partial charge on any atom is 0.252 e. The minimum absolute atomic E-state index is 0.409. The molecule has 2 N–H and O–H groups in total. The van der Waals surface area contributed by atoms with Crippen LogP contribution in [0, 0.1) is 12.8 Å². The lowest BCUT2D eigenvalue weighted by Gasteiger charge is -2.19. The maximum atomic E-state index is 11.9. The van der Waals surface area contributed by atoms with Crippen molar-refractivity contribution in [3.8, 4) is 11.3 Å². The fourth-order valence-corrected chi connectivity index (χ4v) is 3.24. The molecule has 0 radical (unpaired) electrons. The van der Waals surface area contributed by atoms with Crippen LogP contribution in [0.3, 0.4) is 0 Å². The first-order chi connectivity index (χ1) is 10.3. The monoisotopic (exact) mass is 299 g/mol. The van der Waals surface area contributed by atoms with Crippen molar-refractivity contribution in [1.82, 2.24) is 9.78 Å². The Morgan fingerprint density at radius 1 is 1.27 bits per heavy atom. The predicted molar refractivity (Wildman–Crippen MR) is 89.8 cm³/mol. The first-order valence-corrected chi connectivity index (χ1v) is 7.75. The quantitative estimate of drug-likeness (QED) is 0.916. The van der Waals surface area contributed by atoms with E-state index in [1.807, 2.05) is 26.1 Å². The van der Waals surface area contributed by atoms with Gasteiger partial charge in [-0.15, -0.1) is 0 Å². The maximum absolute atomic E-state index is 11.9. The summed E-state index contributed by atoms with van der Waals surface area (Å²) in [4.78, 5) is 11.9. The van der Waals surface area contributed by atoms with Crippen LogP contribution in [0.1, 0.15) is 54.7 Å². The van der Waals surface area contributed by atoms with Crippen molar-refractivity contribution >= 4 is 5.91 Å². The van der Waals surface area contributed by atoms with Gasteiger partial charge in [-0.1, -0.05) is 45.0 Å². The van der Waals surface area contributed by atoms with E-state index in [-0.39, 0.29) is 0 Å². The number of carbonyl (C=O) groups excluding carboxylic acids is 1. The van der Waals surface area contributed by atoms with E-state index in [2.05, 4.69) is 38.0 Å². The number of aryl methyl sites for hydroxylation is 2. The molecule has 0 aliphatic rings. The highest BCUT2D eigenvalue weighted by molar-refractivity contribution is 6.00. The predicted octanol–water partition coefficient (Wildman–Crippen LogP) is 3.64. The van der Waals surface area contributed by atoms with Crippen LogP contribution < -0.4 is 5.73 Å². The molecule has 22 heavy (non-hydrogen) atoms. The molecule has 4 nitrogen and oxygen atoms in total. The van der Waals surface area contributed by atoms with Crippen LogP contribution in [0.25, 0.3) is 11.3 Å². The van der Waals surface area contributed by atoms with Gasteiger partial charge in [0.15, 0.2) is 0 Å². The summed E-state index contributed by atoms with van der Waals surface area (Å²) in [6.45, 7) is 8.50. The Balaban J connectivity index is 2.62. The molecule has 0 saturated heterocycles. The molecular weight excluding hydrogens is 274 g/mol. The molecule has 1 aromatic heterocycles. The summed E-state index contributed by atoms with van der Waals surface area (Å²) < 4.78 is 1.76. The van der Waals surface area contributed by atoms with Crippen LogP contribution in [0.15, 0.2) is 24.3 Å². The van der Waals surface area contributed by atoms with E-state index < -0.39 is 5.91 Å². The fraction of sp³-hybridized carbons (Fsp3) is 0.444. The second-order valence-electron chi connectivity index (χ2n) is 6.41.